The molecule has 0 N–H and O–H groups in total. The Labute approximate surface area is 109 Å². The lowest BCUT2D eigenvalue weighted by Crippen LogP contribution is -2.35. The predicted molar refractivity (Wildman–Crippen MR) is 71.0 cm³/mol. The van der Waals surface area contributed by atoms with Crippen molar-refractivity contribution in [3.05, 3.63) is 12.2 Å². The molecule has 18 heavy (non-hydrogen) atoms. The van der Waals surface area contributed by atoms with E-state index in [0.29, 0.717) is 12.5 Å². The number of hydrogen-bond acceptors (Lipinski definition) is 4. The molecular weight excluding hydrogens is 252 g/mol. The van der Waals surface area contributed by atoms with Crippen LogP contribution in [-0.4, -0.2) is 31.5 Å². The molecule has 1 aliphatic rings. The Balaban J connectivity index is 2.48. The van der Waals surface area contributed by atoms with Crippen molar-refractivity contribution in [1.82, 2.24) is 0 Å². The lowest BCUT2D eigenvalue weighted by Gasteiger charge is -2.19. The first-order chi connectivity index (χ1) is 8.35. The van der Waals surface area contributed by atoms with Gasteiger partial charge in [-0.2, -0.15) is 0 Å². The number of ether oxygens (including phenoxy) is 1. The molecule has 0 aromatic heterocycles. The number of esters is 1. The van der Waals surface area contributed by atoms with Crippen molar-refractivity contribution in [2.24, 2.45) is 5.92 Å². The number of rotatable bonds is 5. The molecule has 1 rings (SSSR count). The van der Waals surface area contributed by atoms with Gasteiger partial charge in [0, 0.05) is 0 Å². The average Bonchev–Trinajstić information content (AvgIpc) is 2.36. The molecule has 0 fully saturated rings. The van der Waals surface area contributed by atoms with Gasteiger partial charge in [-0.15, -0.1) is 0 Å². The van der Waals surface area contributed by atoms with E-state index < -0.39 is 26.3 Å². The molecule has 0 saturated carbocycles. The van der Waals surface area contributed by atoms with Crippen molar-refractivity contribution >= 4 is 15.8 Å². The molecule has 0 spiro atoms. The molecule has 0 amide bonds. The molecule has 2 unspecified atom stereocenters. The summed E-state index contributed by atoms with van der Waals surface area (Å²) in [5.74, 6) is -0.300. The van der Waals surface area contributed by atoms with Crippen LogP contribution in [-0.2, 0) is 19.4 Å². The van der Waals surface area contributed by atoms with Gasteiger partial charge < -0.3 is 4.74 Å². The van der Waals surface area contributed by atoms with E-state index in [2.05, 4.69) is 12.2 Å². The zero-order valence-electron chi connectivity index (χ0n) is 11.3. The summed E-state index contributed by atoms with van der Waals surface area (Å²) in [5, 5.41) is -1.63. The monoisotopic (exact) mass is 274 g/mol. The Morgan fingerprint density at radius 2 is 2.00 bits per heavy atom. The highest BCUT2D eigenvalue weighted by Crippen LogP contribution is 2.19. The van der Waals surface area contributed by atoms with E-state index >= 15 is 0 Å². The van der Waals surface area contributed by atoms with Gasteiger partial charge in [0.2, 0.25) is 0 Å². The van der Waals surface area contributed by atoms with E-state index in [4.69, 9.17) is 4.74 Å². The van der Waals surface area contributed by atoms with Crippen molar-refractivity contribution in [3.8, 4) is 0 Å². The first-order valence-corrected chi connectivity index (χ1v) is 8.01. The summed E-state index contributed by atoms with van der Waals surface area (Å²) in [6, 6.07) is 0. The maximum atomic E-state index is 11.8. The Morgan fingerprint density at radius 1 is 1.33 bits per heavy atom. The molecule has 0 radical (unpaired) electrons. The average molecular weight is 274 g/mol. The zero-order chi connectivity index (χ0) is 13.8. The van der Waals surface area contributed by atoms with Crippen LogP contribution in [0.5, 0.6) is 0 Å². The first kappa shape index (κ1) is 15.2. The SMILES string of the molecule is CC(C)S(=O)(=O)C(C)C(=O)OCC1CC=CCC1. The Bertz CT molecular complexity index is 409. The van der Waals surface area contributed by atoms with Crippen LogP contribution in [0.3, 0.4) is 0 Å². The molecule has 104 valence electrons. The summed E-state index contributed by atoms with van der Waals surface area (Å²) >= 11 is 0. The second kappa shape index (κ2) is 6.36. The number of hydrogen-bond donors (Lipinski definition) is 0. The minimum atomic E-state index is -3.42. The van der Waals surface area contributed by atoms with Gasteiger partial charge in [-0.25, -0.2) is 8.42 Å². The van der Waals surface area contributed by atoms with Crippen molar-refractivity contribution < 1.29 is 17.9 Å². The Morgan fingerprint density at radius 3 is 2.50 bits per heavy atom. The van der Waals surface area contributed by atoms with Gasteiger partial charge in [0.25, 0.3) is 0 Å². The van der Waals surface area contributed by atoms with Crippen molar-refractivity contribution in [1.29, 1.82) is 0 Å². The maximum absolute atomic E-state index is 11.8. The number of carbonyl (C=O) groups is 1. The van der Waals surface area contributed by atoms with E-state index in [0.717, 1.165) is 19.3 Å². The molecule has 0 aliphatic heterocycles. The van der Waals surface area contributed by atoms with E-state index in [9.17, 15) is 13.2 Å². The van der Waals surface area contributed by atoms with Gasteiger partial charge in [-0.1, -0.05) is 12.2 Å². The van der Waals surface area contributed by atoms with E-state index in [-0.39, 0.29) is 0 Å². The van der Waals surface area contributed by atoms with Gasteiger partial charge in [0.05, 0.1) is 11.9 Å². The molecular formula is C13H22O4S. The molecule has 2 atom stereocenters. The predicted octanol–water partition coefficient (Wildman–Crippen LogP) is 2.10. The molecule has 0 aromatic rings. The maximum Gasteiger partial charge on any atom is 0.324 e. The summed E-state index contributed by atoms with van der Waals surface area (Å²) in [6.07, 6.45) is 7.09. The Kier molecular flexibility index (Phi) is 5.38. The molecule has 0 aromatic carbocycles. The summed E-state index contributed by atoms with van der Waals surface area (Å²) < 4.78 is 28.7. The van der Waals surface area contributed by atoms with Crippen LogP contribution in [0.1, 0.15) is 40.0 Å². The van der Waals surface area contributed by atoms with Gasteiger partial charge in [0.15, 0.2) is 15.1 Å². The molecule has 5 heteroatoms. The van der Waals surface area contributed by atoms with Crippen molar-refractivity contribution in [2.75, 3.05) is 6.61 Å². The van der Waals surface area contributed by atoms with Crippen LogP contribution in [0, 0.1) is 5.92 Å². The topological polar surface area (TPSA) is 60.4 Å². The third-order valence-electron chi connectivity index (χ3n) is 3.32. The standard InChI is InChI=1S/C13H22O4S/c1-10(2)18(15,16)11(3)13(14)17-9-12-7-5-4-6-8-12/h4-5,10-12H,6-9H2,1-3H3. The third-order valence-corrected chi connectivity index (χ3v) is 5.81. The summed E-state index contributed by atoms with van der Waals surface area (Å²) in [4.78, 5) is 11.7. The quantitative estimate of drug-likeness (QED) is 0.569. The molecule has 0 heterocycles. The van der Waals surface area contributed by atoms with Gasteiger partial charge >= 0.3 is 5.97 Å². The second-order valence-corrected chi connectivity index (χ2v) is 7.89. The lowest BCUT2D eigenvalue weighted by molar-refractivity contribution is -0.144. The number of carbonyl (C=O) groups excluding carboxylic acids is 1. The highest BCUT2D eigenvalue weighted by atomic mass is 32.2. The molecule has 4 nitrogen and oxygen atoms in total. The summed E-state index contributed by atoms with van der Waals surface area (Å²) in [6.45, 7) is 4.87. The highest BCUT2D eigenvalue weighted by Gasteiger charge is 2.32. The third kappa shape index (κ3) is 3.83. The van der Waals surface area contributed by atoms with E-state index in [1.54, 1.807) is 13.8 Å². The lowest BCUT2D eigenvalue weighted by atomic mass is 9.95. The second-order valence-electron chi connectivity index (χ2n) is 5.06. The van der Waals surface area contributed by atoms with Gasteiger partial charge in [-0.05, 0) is 46.0 Å². The van der Waals surface area contributed by atoms with Crippen LogP contribution in [0.4, 0.5) is 0 Å². The first-order valence-electron chi connectivity index (χ1n) is 6.40. The van der Waals surface area contributed by atoms with Gasteiger partial charge in [0.1, 0.15) is 0 Å². The van der Waals surface area contributed by atoms with Crippen LogP contribution in [0.25, 0.3) is 0 Å². The highest BCUT2D eigenvalue weighted by molar-refractivity contribution is 7.93. The molecule has 1 aliphatic carbocycles. The summed E-state index contributed by atoms with van der Waals surface area (Å²) in [5.41, 5.74) is 0. The minimum absolute atomic E-state index is 0.321. The summed E-state index contributed by atoms with van der Waals surface area (Å²) in [7, 11) is -3.42. The van der Waals surface area contributed by atoms with Crippen LogP contribution in [0.2, 0.25) is 0 Å². The minimum Gasteiger partial charge on any atom is -0.464 e. The Hall–Kier alpha value is -0.840. The van der Waals surface area contributed by atoms with E-state index in [1.165, 1.54) is 6.92 Å². The van der Waals surface area contributed by atoms with Crippen LogP contribution < -0.4 is 0 Å². The fourth-order valence-electron chi connectivity index (χ4n) is 1.87. The molecule has 0 bridgehead atoms. The number of sulfone groups is 1. The molecule has 0 saturated heterocycles. The van der Waals surface area contributed by atoms with Crippen molar-refractivity contribution in [2.45, 2.75) is 50.5 Å². The zero-order valence-corrected chi connectivity index (χ0v) is 12.1. The smallest absolute Gasteiger partial charge is 0.324 e. The number of allylic oxidation sites excluding steroid dienone is 2. The van der Waals surface area contributed by atoms with Crippen LogP contribution in [0.15, 0.2) is 12.2 Å². The normalized spacial score (nSPS) is 21.9. The fourth-order valence-corrected chi connectivity index (χ4v) is 3.02. The fraction of sp³-hybridized carbons (Fsp3) is 0.769. The van der Waals surface area contributed by atoms with Gasteiger partial charge in [-0.3, -0.25) is 4.79 Å². The van der Waals surface area contributed by atoms with E-state index in [1.807, 2.05) is 0 Å². The van der Waals surface area contributed by atoms with Crippen LogP contribution >= 0.6 is 0 Å². The largest absolute Gasteiger partial charge is 0.464 e. The van der Waals surface area contributed by atoms with Crippen molar-refractivity contribution in [3.63, 3.8) is 0 Å².